The second-order valence-electron chi connectivity index (χ2n) is 6.08. The van der Waals surface area contributed by atoms with Crippen molar-refractivity contribution in [1.29, 1.82) is 5.26 Å². The number of nitrogens with one attached hydrogen (secondary N) is 1. The first-order valence-electron chi connectivity index (χ1n) is 8.79. The van der Waals surface area contributed by atoms with Crippen LogP contribution in [0.25, 0.3) is 0 Å². The topological polar surface area (TPSA) is 97.6 Å². The number of esters is 1. The molecular weight excluding hydrogens is 396 g/mol. The van der Waals surface area contributed by atoms with Gasteiger partial charge >= 0.3 is 5.97 Å². The number of amides is 1. The summed E-state index contributed by atoms with van der Waals surface area (Å²) in [4.78, 5) is 24.4. The monoisotopic (exact) mass is 416 g/mol. The fourth-order valence-electron chi connectivity index (χ4n) is 2.62. The molecule has 0 aliphatic carbocycles. The van der Waals surface area contributed by atoms with Gasteiger partial charge in [-0.05, 0) is 43.2 Å². The predicted molar refractivity (Wildman–Crippen MR) is 108 cm³/mol. The van der Waals surface area contributed by atoms with Crippen LogP contribution in [0.5, 0.6) is 11.5 Å². The van der Waals surface area contributed by atoms with E-state index in [4.69, 9.17) is 31.1 Å². The number of hydrogen-bond donors (Lipinski definition) is 1. The lowest BCUT2D eigenvalue weighted by Gasteiger charge is -2.15. The number of carbonyl (C=O) groups excluding carboxylic acids is 2. The third-order valence-electron chi connectivity index (χ3n) is 4.12. The van der Waals surface area contributed by atoms with E-state index >= 15 is 0 Å². The van der Waals surface area contributed by atoms with E-state index in [1.165, 1.54) is 33.3 Å². The molecule has 0 heterocycles. The fourth-order valence-corrected chi connectivity index (χ4v) is 2.85. The van der Waals surface area contributed by atoms with Crippen molar-refractivity contribution >= 4 is 29.2 Å². The van der Waals surface area contributed by atoms with Crippen LogP contribution in [-0.4, -0.2) is 32.2 Å². The second-order valence-corrected chi connectivity index (χ2v) is 6.49. The van der Waals surface area contributed by atoms with Crippen LogP contribution in [0.3, 0.4) is 0 Å². The molecule has 0 fully saturated rings. The molecule has 0 saturated carbocycles. The number of hydrogen-bond acceptors (Lipinski definition) is 6. The Labute approximate surface area is 174 Å². The van der Waals surface area contributed by atoms with Gasteiger partial charge in [0.05, 0.1) is 24.8 Å². The molecule has 152 valence electrons. The molecule has 1 N–H and O–H groups in total. The number of halogens is 1. The first-order valence-corrected chi connectivity index (χ1v) is 9.17. The van der Waals surface area contributed by atoms with Crippen molar-refractivity contribution in [2.24, 2.45) is 0 Å². The van der Waals surface area contributed by atoms with Gasteiger partial charge in [-0.3, -0.25) is 9.59 Å². The third-order valence-corrected chi connectivity index (χ3v) is 4.43. The van der Waals surface area contributed by atoms with Gasteiger partial charge in [-0.15, -0.1) is 0 Å². The Balaban J connectivity index is 1.91. The van der Waals surface area contributed by atoms with Crippen molar-refractivity contribution < 1.29 is 23.8 Å². The van der Waals surface area contributed by atoms with Gasteiger partial charge in [0.15, 0.2) is 17.6 Å². The zero-order valence-electron chi connectivity index (χ0n) is 16.3. The highest BCUT2D eigenvalue weighted by molar-refractivity contribution is 6.32. The quantitative estimate of drug-likeness (QED) is 0.658. The van der Waals surface area contributed by atoms with Gasteiger partial charge in [0, 0.05) is 12.1 Å². The molecule has 1 atom stereocenters. The minimum absolute atomic E-state index is 0.0733. The SMILES string of the molecule is COc1cccc(CCC(=O)O[C@H](C)C(=O)Nc2ccc(C#N)c(Cl)c2)c1OC. The zero-order valence-corrected chi connectivity index (χ0v) is 17.1. The minimum Gasteiger partial charge on any atom is -0.493 e. The van der Waals surface area contributed by atoms with Gasteiger partial charge in [-0.2, -0.15) is 5.26 Å². The maximum atomic E-state index is 12.2. The predicted octanol–water partition coefficient (Wildman–Crippen LogP) is 3.73. The van der Waals surface area contributed by atoms with E-state index < -0.39 is 18.0 Å². The summed E-state index contributed by atoms with van der Waals surface area (Å²) in [6.45, 7) is 1.48. The Kier molecular flexibility index (Phi) is 7.87. The van der Waals surface area contributed by atoms with Crippen LogP contribution in [0, 0.1) is 11.3 Å². The maximum absolute atomic E-state index is 12.2. The van der Waals surface area contributed by atoms with Gasteiger partial charge in [-0.1, -0.05) is 23.7 Å². The third kappa shape index (κ3) is 5.87. The summed E-state index contributed by atoms with van der Waals surface area (Å²) >= 11 is 5.94. The highest BCUT2D eigenvalue weighted by Crippen LogP contribution is 2.31. The van der Waals surface area contributed by atoms with Crippen LogP contribution in [0.15, 0.2) is 36.4 Å². The summed E-state index contributed by atoms with van der Waals surface area (Å²) in [5.74, 6) is 0.118. The first-order chi connectivity index (χ1) is 13.9. The number of nitriles is 1. The van der Waals surface area contributed by atoms with Gasteiger partial charge in [0.25, 0.3) is 5.91 Å². The number of benzene rings is 2. The van der Waals surface area contributed by atoms with E-state index in [-0.39, 0.29) is 11.4 Å². The Morgan fingerprint density at radius 1 is 1.21 bits per heavy atom. The largest absolute Gasteiger partial charge is 0.493 e. The van der Waals surface area contributed by atoms with Crippen molar-refractivity contribution in [3.05, 3.63) is 52.5 Å². The Bertz CT molecular complexity index is 939. The summed E-state index contributed by atoms with van der Waals surface area (Å²) in [7, 11) is 3.07. The second kappa shape index (κ2) is 10.3. The summed E-state index contributed by atoms with van der Waals surface area (Å²) in [5.41, 5.74) is 1.51. The lowest BCUT2D eigenvalue weighted by Crippen LogP contribution is -2.30. The van der Waals surface area contributed by atoms with Gasteiger partial charge in [0.2, 0.25) is 0 Å². The van der Waals surface area contributed by atoms with Crippen LogP contribution in [0.2, 0.25) is 5.02 Å². The van der Waals surface area contributed by atoms with Crippen molar-refractivity contribution in [1.82, 2.24) is 0 Å². The molecule has 2 rings (SSSR count). The summed E-state index contributed by atoms with van der Waals surface area (Å²) in [6, 6.07) is 11.8. The average Bonchev–Trinajstić information content (AvgIpc) is 2.71. The molecule has 8 heteroatoms. The molecule has 0 aliphatic rings. The van der Waals surface area contributed by atoms with E-state index in [2.05, 4.69) is 5.32 Å². The number of nitrogens with zero attached hydrogens (tertiary/aromatic N) is 1. The van der Waals surface area contributed by atoms with Crippen molar-refractivity contribution in [3.8, 4) is 17.6 Å². The minimum atomic E-state index is -0.996. The molecule has 1 amide bonds. The standard InChI is InChI=1S/C21H21ClN2O5/c1-13(21(26)24-16-9-7-15(12-23)17(22)11-16)29-19(25)10-8-14-5-4-6-18(27-2)20(14)28-3/h4-7,9,11,13H,8,10H2,1-3H3,(H,24,26)/t13-/m1/s1. The van der Waals surface area contributed by atoms with E-state index in [9.17, 15) is 9.59 Å². The van der Waals surface area contributed by atoms with Crippen molar-refractivity contribution in [2.45, 2.75) is 25.9 Å². The molecule has 0 aliphatic heterocycles. The lowest BCUT2D eigenvalue weighted by atomic mass is 10.1. The molecule has 0 saturated heterocycles. The molecule has 0 aromatic heterocycles. The molecule has 7 nitrogen and oxygen atoms in total. The molecule has 0 spiro atoms. The lowest BCUT2D eigenvalue weighted by molar-refractivity contribution is -0.153. The van der Waals surface area contributed by atoms with Crippen LogP contribution in [-0.2, 0) is 20.7 Å². The molecule has 0 unspecified atom stereocenters. The van der Waals surface area contributed by atoms with Crippen molar-refractivity contribution in [3.63, 3.8) is 0 Å². The van der Waals surface area contributed by atoms with E-state index in [1.54, 1.807) is 18.2 Å². The van der Waals surface area contributed by atoms with Gasteiger partial charge in [0.1, 0.15) is 6.07 Å². The number of rotatable bonds is 8. The van der Waals surface area contributed by atoms with Gasteiger partial charge < -0.3 is 19.5 Å². The maximum Gasteiger partial charge on any atom is 0.306 e. The summed E-state index contributed by atoms with van der Waals surface area (Å²) in [5, 5.41) is 11.7. The zero-order chi connectivity index (χ0) is 21.4. The summed E-state index contributed by atoms with van der Waals surface area (Å²) < 4.78 is 15.8. The Hall–Kier alpha value is -3.24. The van der Waals surface area contributed by atoms with Crippen LogP contribution >= 0.6 is 11.6 Å². The molecular formula is C21H21ClN2O5. The van der Waals surface area contributed by atoms with Crippen LogP contribution in [0.1, 0.15) is 24.5 Å². The van der Waals surface area contributed by atoms with Crippen molar-refractivity contribution in [2.75, 3.05) is 19.5 Å². The van der Waals surface area contributed by atoms with Crippen LogP contribution < -0.4 is 14.8 Å². The Morgan fingerprint density at radius 2 is 1.97 bits per heavy atom. The summed E-state index contributed by atoms with van der Waals surface area (Å²) in [6.07, 6.45) is -0.549. The number of ether oxygens (including phenoxy) is 3. The number of methoxy groups -OCH3 is 2. The number of para-hydroxylation sites is 1. The smallest absolute Gasteiger partial charge is 0.306 e. The highest BCUT2D eigenvalue weighted by atomic mass is 35.5. The first kappa shape index (κ1) is 22.1. The molecule has 0 radical (unpaired) electrons. The fraction of sp³-hybridized carbons (Fsp3) is 0.286. The number of aryl methyl sites for hydroxylation is 1. The Morgan fingerprint density at radius 3 is 2.59 bits per heavy atom. The molecule has 2 aromatic rings. The highest BCUT2D eigenvalue weighted by Gasteiger charge is 2.19. The molecule has 29 heavy (non-hydrogen) atoms. The van der Waals surface area contributed by atoms with E-state index in [1.807, 2.05) is 12.1 Å². The number of anilines is 1. The number of carbonyl (C=O) groups is 2. The van der Waals surface area contributed by atoms with E-state index in [0.29, 0.717) is 29.2 Å². The van der Waals surface area contributed by atoms with Gasteiger partial charge in [-0.25, -0.2) is 0 Å². The molecule has 2 aromatic carbocycles. The normalized spacial score (nSPS) is 11.1. The molecule has 0 bridgehead atoms. The average molecular weight is 417 g/mol. The van der Waals surface area contributed by atoms with E-state index in [0.717, 1.165) is 5.56 Å². The van der Waals surface area contributed by atoms with Crippen LogP contribution in [0.4, 0.5) is 5.69 Å².